The molecule has 1 unspecified atom stereocenters. The molecule has 0 fully saturated rings. The molecule has 1 atom stereocenters. The monoisotopic (exact) mass is 314 g/mol. The van der Waals surface area contributed by atoms with E-state index in [0.717, 1.165) is 11.1 Å². The number of rotatable bonds is 3. The molecule has 90 valence electrons. The summed E-state index contributed by atoms with van der Waals surface area (Å²) in [6.07, 6.45) is 0. The highest BCUT2D eigenvalue weighted by molar-refractivity contribution is 9.10. The van der Waals surface area contributed by atoms with Gasteiger partial charge in [-0.25, -0.2) is 9.82 Å². The lowest BCUT2D eigenvalue weighted by atomic mass is 10.00. The van der Waals surface area contributed by atoms with Crippen molar-refractivity contribution in [1.82, 2.24) is 5.43 Å². The molecule has 1 heterocycles. The average molecular weight is 315 g/mol. The highest BCUT2D eigenvalue weighted by Gasteiger charge is 2.16. The van der Waals surface area contributed by atoms with Gasteiger partial charge in [0.15, 0.2) is 0 Å². The van der Waals surface area contributed by atoms with Gasteiger partial charge >= 0.3 is 0 Å². The van der Waals surface area contributed by atoms with Crippen LogP contribution in [-0.2, 0) is 0 Å². The molecule has 1 aromatic carbocycles. The Kier molecular flexibility index (Phi) is 3.93. The van der Waals surface area contributed by atoms with Gasteiger partial charge in [-0.1, -0.05) is 15.9 Å². The summed E-state index contributed by atoms with van der Waals surface area (Å²) in [5.74, 6) is 5.31. The summed E-state index contributed by atoms with van der Waals surface area (Å²) in [5.41, 5.74) is 4.62. The third-order valence-corrected chi connectivity index (χ3v) is 3.91. The van der Waals surface area contributed by atoms with E-state index in [-0.39, 0.29) is 11.9 Å². The maximum Gasteiger partial charge on any atom is 0.124 e. The minimum absolute atomic E-state index is 0.187. The van der Waals surface area contributed by atoms with Crippen LogP contribution < -0.4 is 11.3 Å². The fourth-order valence-corrected chi connectivity index (χ4v) is 3.03. The number of aryl methyl sites for hydroxylation is 1. The number of nitrogens with one attached hydrogen (secondary N) is 1. The molecule has 0 spiro atoms. The largest absolute Gasteiger partial charge is 0.271 e. The van der Waals surface area contributed by atoms with Crippen LogP contribution in [0.25, 0.3) is 0 Å². The van der Waals surface area contributed by atoms with Crippen molar-refractivity contribution in [2.24, 2.45) is 5.84 Å². The molecule has 0 amide bonds. The van der Waals surface area contributed by atoms with Gasteiger partial charge in [-0.2, -0.15) is 0 Å². The standard InChI is InChI=1S/C12H12BrFN2S/c1-7-11(2-3-17-7)12(16-15)8-4-9(13)6-10(14)5-8/h2-6,12,16H,15H2,1H3. The van der Waals surface area contributed by atoms with Crippen molar-refractivity contribution in [3.63, 3.8) is 0 Å². The Morgan fingerprint density at radius 2 is 2.18 bits per heavy atom. The molecule has 17 heavy (non-hydrogen) atoms. The quantitative estimate of drug-likeness (QED) is 0.672. The maximum absolute atomic E-state index is 13.4. The van der Waals surface area contributed by atoms with Crippen LogP contribution in [0.2, 0.25) is 0 Å². The predicted molar refractivity (Wildman–Crippen MR) is 72.3 cm³/mol. The fourth-order valence-electron chi connectivity index (χ4n) is 1.80. The third-order valence-electron chi connectivity index (χ3n) is 2.59. The van der Waals surface area contributed by atoms with Gasteiger partial charge < -0.3 is 0 Å². The first-order chi connectivity index (χ1) is 8.11. The SMILES string of the molecule is Cc1sccc1C(NN)c1cc(F)cc(Br)c1. The lowest BCUT2D eigenvalue weighted by Crippen LogP contribution is -2.29. The van der Waals surface area contributed by atoms with E-state index in [1.807, 2.05) is 24.4 Å². The molecule has 3 N–H and O–H groups in total. The number of thiophene rings is 1. The topological polar surface area (TPSA) is 38.0 Å². The van der Waals surface area contributed by atoms with Crippen LogP contribution in [0.15, 0.2) is 34.1 Å². The van der Waals surface area contributed by atoms with E-state index in [4.69, 9.17) is 5.84 Å². The van der Waals surface area contributed by atoms with Crippen LogP contribution in [0.3, 0.4) is 0 Å². The summed E-state index contributed by atoms with van der Waals surface area (Å²) in [6.45, 7) is 2.03. The first-order valence-corrected chi connectivity index (χ1v) is 6.75. The Morgan fingerprint density at radius 3 is 2.71 bits per heavy atom. The summed E-state index contributed by atoms with van der Waals surface area (Å²) in [5, 5.41) is 2.00. The summed E-state index contributed by atoms with van der Waals surface area (Å²) in [6, 6.07) is 6.60. The smallest absolute Gasteiger partial charge is 0.124 e. The fraction of sp³-hybridized carbons (Fsp3) is 0.167. The Morgan fingerprint density at radius 1 is 1.41 bits per heavy atom. The third kappa shape index (κ3) is 2.74. The lowest BCUT2D eigenvalue weighted by molar-refractivity contribution is 0.604. The van der Waals surface area contributed by atoms with Crippen LogP contribution in [0.4, 0.5) is 4.39 Å². The van der Waals surface area contributed by atoms with Gasteiger partial charge in [0.05, 0.1) is 6.04 Å². The van der Waals surface area contributed by atoms with Gasteiger partial charge in [-0.3, -0.25) is 5.84 Å². The highest BCUT2D eigenvalue weighted by Crippen LogP contribution is 2.29. The molecule has 0 saturated carbocycles. The summed E-state index contributed by atoms with van der Waals surface area (Å²) < 4.78 is 14.1. The molecular weight excluding hydrogens is 303 g/mol. The van der Waals surface area contributed by atoms with Crippen LogP contribution >= 0.6 is 27.3 Å². The minimum atomic E-state index is -0.275. The van der Waals surface area contributed by atoms with Crippen molar-refractivity contribution in [2.75, 3.05) is 0 Å². The van der Waals surface area contributed by atoms with Crippen molar-refractivity contribution >= 4 is 27.3 Å². The number of halogens is 2. The van der Waals surface area contributed by atoms with Crippen LogP contribution in [0.5, 0.6) is 0 Å². The summed E-state index contributed by atoms with van der Waals surface area (Å²) >= 11 is 4.94. The highest BCUT2D eigenvalue weighted by atomic mass is 79.9. The number of hydrogen-bond acceptors (Lipinski definition) is 3. The summed E-state index contributed by atoms with van der Waals surface area (Å²) in [7, 11) is 0. The molecule has 2 rings (SSSR count). The summed E-state index contributed by atoms with van der Waals surface area (Å²) in [4.78, 5) is 1.17. The van der Waals surface area contributed by atoms with Gasteiger partial charge in [0, 0.05) is 9.35 Å². The van der Waals surface area contributed by atoms with Gasteiger partial charge in [0.2, 0.25) is 0 Å². The minimum Gasteiger partial charge on any atom is -0.271 e. The van der Waals surface area contributed by atoms with Crippen molar-refractivity contribution in [2.45, 2.75) is 13.0 Å². The van der Waals surface area contributed by atoms with E-state index in [1.54, 1.807) is 11.3 Å². The average Bonchev–Trinajstić information content (AvgIpc) is 2.65. The van der Waals surface area contributed by atoms with Gasteiger partial charge in [-0.15, -0.1) is 11.3 Å². The Balaban J connectivity index is 2.45. The second-order valence-corrected chi connectivity index (χ2v) is 5.77. The van der Waals surface area contributed by atoms with E-state index >= 15 is 0 Å². The van der Waals surface area contributed by atoms with E-state index in [9.17, 15) is 4.39 Å². The lowest BCUT2D eigenvalue weighted by Gasteiger charge is -2.17. The number of hydrazine groups is 1. The van der Waals surface area contributed by atoms with Crippen LogP contribution in [0, 0.1) is 12.7 Å². The normalized spacial score (nSPS) is 12.7. The zero-order chi connectivity index (χ0) is 12.4. The van der Waals surface area contributed by atoms with Gasteiger partial charge in [0.1, 0.15) is 5.82 Å². The van der Waals surface area contributed by atoms with Crippen LogP contribution in [-0.4, -0.2) is 0 Å². The molecule has 0 radical (unpaired) electrons. The number of hydrogen-bond donors (Lipinski definition) is 2. The molecule has 1 aromatic heterocycles. The second kappa shape index (κ2) is 5.27. The van der Waals surface area contributed by atoms with E-state index in [0.29, 0.717) is 4.47 Å². The molecule has 5 heteroatoms. The van der Waals surface area contributed by atoms with Crippen molar-refractivity contribution < 1.29 is 4.39 Å². The van der Waals surface area contributed by atoms with E-state index < -0.39 is 0 Å². The maximum atomic E-state index is 13.4. The Hall–Kier alpha value is -0.750. The van der Waals surface area contributed by atoms with Gasteiger partial charge in [-0.05, 0) is 47.7 Å². The first kappa shape index (κ1) is 12.7. The first-order valence-electron chi connectivity index (χ1n) is 5.08. The zero-order valence-corrected chi connectivity index (χ0v) is 11.6. The predicted octanol–water partition coefficient (Wildman–Crippen LogP) is 3.51. The zero-order valence-electron chi connectivity index (χ0n) is 9.21. The van der Waals surface area contributed by atoms with E-state index in [2.05, 4.69) is 21.4 Å². The Bertz CT molecular complexity index is 507. The Labute approximate surface area is 112 Å². The van der Waals surface area contributed by atoms with Gasteiger partial charge in [0.25, 0.3) is 0 Å². The molecule has 0 bridgehead atoms. The molecule has 0 aliphatic rings. The van der Waals surface area contributed by atoms with Crippen molar-refractivity contribution in [1.29, 1.82) is 0 Å². The van der Waals surface area contributed by atoms with E-state index in [1.165, 1.54) is 17.0 Å². The molecule has 0 saturated heterocycles. The van der Waals surface area contributed by atoms with Crippen molar-refractivity contribution in [3.8, 4) is 0 Å². The van der Waals surface area contributed by atoms with Crippen molar-refractivity contribution in [3.05, 3.63) is 55.9 Å². The molecule has 2 aromatic rings. The molecule has 0 aliphatic carbocycles. The molecular formula is C12H12BrFN2S. The number of benzene rings is 1. The number of nitrogens with two attached hydrogens (primary N) is 1. The van der Waals surface area contributed by atoms with Crippen LogP contribution in [0.1, 0.15) is 22.0 Å². The second-order valence-electron chi connectivity index (χ2n) is 3.73. The molecule has 0 aliphatic heterocycles. The molecule has 2 nitrogen and oxygen atoms in total.